The third-order valence-electron chi connectivity index (χ3n) is 4.02. The summed E-state index contributed by atoms with van der Waals surface area (Å²) in [6, 6.07) is -1.40. The molecule has 0 aliphatic carbocycles. The SMILES string of the molecule is CCCCOCCNC(=NC)N1CCN(C(C)C(F)(F)F)CC1. The van der Waals surface area contributed by atoms with Crippen LogP contribution in [0.4, 0.5) is 13.2 Å². The molecule has 1 N–H and O–H groups in total. The average molecular weight is 338 g/mol. The first kappa shape index (κ1) is 20.0. The molecule has 0 spiro atoms. The molecule has 0 amide bonds. The van der Waals surface area contributed by atoms with Crippen LogP contribution in [0.3, 0.4) is 0 Å². The van der Waals surface area contributed by atoms with Crippen molar-refractivity contribution in [1.29, 1.82) is 0 Å². The number of ether oxygens (including phenoxy) is 1. The van der Waals surface area contributed by atoms with Gasteiger partial charge in [0.1, 0.15) is 6.04 Å². The van der Waals surface area contributed by atoms with Crippen molar-refractivity contribution < 1.29 is 17.9 Å². The van der Waals surface area contributed by atoms with Crippen molar-refractivity contribution in [1.82, 2.24) is 15.1 Å². The van der Waals surface area contributed by atoms with Gasteiger partial charge in [-0.15, -0.1) is 0 Å². The molecule has 5 nitrogen and oxygen atoms in total. The smallest absolute Gasteiger partial charge is 0.380 e. The lowest BCUT2D eigenvalue weighted by atomic mass is 10.2. The minimum absolute atomic E-state index is 0.383. The van der Waals surface area contributed by atoms with E-state index in [2.05, 4.69) is 17.2 Å². The lowest BCUT2D eigenvalue weighted by Gasteiger charge is -2.39. The minimum Gasteiger partial charge on any atom is -0.380 e. The molecule has 0 aromatic rings. The van der Waals surface area contributed by atoms with E-state index in [1.165, 1.54) is 11.8 Å². The van der Waals surface area contributed by atoms with Crippen molar-refractivity contribution in [2.75, 3.05) is 53.0 Å². The molecule has 1 atom stereocenters. The fraction of sp³-hybridized carbons (Fsp3) is 0.933. The Kier molecular flexibility index (Phi) is 8.68. The van der Waals surface area contributed by atoms with Crippen LogP contribution >= 0.6 is 0 Å². The zero-order chi connectivity index (χ0) is 17.3. The summed E-state index contributed by atoms with van der Waals surface area (Å²) in [6.45, 7) is 7.18. The molecule has 136 valence electrons. The molecule has 23 heavy (non-hydrogen) atoms. The largest absolute Gasteiger partial charge is 0.403 e. The third kappa shape index (κ3) is 6.95. The van der Waals surface area contributed by atoms with E-state index < -0.39 is 12.2 Å². The van der Waals surface area contributed by atoms with Gasteiger partial charge < -0.3 is 15.0 Å². The lowest BCUT2D eigenvalue weighted by molar-refractivity contribution is -0.181. The molecular weight excluding hydrogens is 309 g/mol. The quantitative estimate of drug-likeness (QED) is 0.438. The van der Waals surface area contributed by atoms with Gasteiger partial charge in [-0.05, 0) is 13.3 Å². The van der Waals surface area contributed by atoms with Crippen molar-refractivity contribution in [2.45, 2.75) is 38.9 Å². The second-order valence-electron chi connectivity index (χ2n) is 5.68. The van der Waals surface area contributed by atoms with E-state index in [0.717, 1.165) is 25.4 Å². The van der Waals surface area contributed by atoms with Gasteiger partial charge in [-0.3, -0.25) is 9.89 Å². The van der Waals surface area contributed by atoms with E-state index in [0.29, 0.717) is 39.3 Å². The highest BCUT2D eigenvalue weighted by molar-refractivity contribution is 5.79. The predicted octanol–water partition coefficient (Wildman–Crippen LogP) is 1.95. The summed E-state index contributed by atoms with van der Waals surface area (Å²) in [6.07, 6.45) is -2.01. The maximum absolute atomic E-state index is 12.7. The van der Waals surface area contributed by atoms with E-state index >= 15 is 0 Å². The average Bonchev–Trinajstić information content (AvgIpc) is 2.53. The van der Waals surface area contributed by atoms with E-state index in [4.69, 9.17) is 4.74 Å². The van der Waals surface area contributed by atoms with Crippen molar-refractivity contribution >= 4 is 5.96 Å². The summed E-state index contributed by atoms with van der Waals surface area (Å²) < 4.78 is 43.7. The first-order chi connectivity index (χ1) is 10.9. The van der Waals surface area contributed by atoms with Crippen molar-refractivity contribution in [3.63, 3.8) is 0 Å². The number of aliphatic imine (C=N–C) groups is 1. The molecule has 1 fully saturated rings. The normalized spacial score (nSPS) is 19.0. The molecule has 1 aliphatic heterocycles. The summed E-state index contributed by atoms with van der Waals surface area (Å²) in [5.41, 5.74) is 0. The summed E-state index contributed by atoms with van der Waals surface area (Å²) in [5.74, 6) is 0.725. The number of nitrogens with zero attached hydrogens (tertiary/aromatic N) is 3. The Labute approximate surface area is 136 Å². The number of hydrogen-bond donors (Lipinski definition) is 1. The molecule has 0 radical (unpaired) electrons. The van der Waals surface area contributed by atoms with Crippen LogP contribution in [0.2, 0.25) is 0 Å². The van der Waals surface area contributed by atoms with Crippen molar-refractivity contribution in [3.8, 4) is 0 Å². The molecular formula is C15H29F3N4O. The highest BCUT2D eigenvalue weighted by Crippen LogP contribution is 2.25. The van der Waals surface area contributed by atoms with Crippen molar-refractivity contribution in [3.05, 3.63) is 0 Å². The molecule has 1 unspecified atom stereocenters. The fourth-order valence-electron chi connectivity index (χ4n) is 2.44. The first-order valence-electron chi connectivity index (χ1n) is 8.24. The maximum Gasteiger partial charge on any atom is 0.403 e. The lowest BCUT2D eigenvalue weighted by Crippen LogP contribution is -2.57. The van der Waals surface area contributed by atoms with Crippen LogP contribution in [0.25, 0.3) is 0 Å². The minimum atomic E-state index is -4.17. The molecule has 0 saturated carbocycles. The Morgan fingerprint density at radius 1 is 1.22 bits per heavy atom. The highest BCUT2D eigenvalue weighted by Gasteiger charge is 2.40. The van der Waals surface area contributed by atoms with Crippen LogP contribution in [-0.2, 0) is 4.74 Å². The number of guanidine groups is 1. The topological polar surface area (TPSA) is 40.1 Å². The van der Waals surface area contributed by atoms with Crippen LogP contribution in [-0.4, -0.2) is 81.0 Å². The van der Waals surface area contributed by atoms with Gasteiger partial charge in [0, 0.05) is 46.4 Å². The summed E-state index contributed by atoms with van der Waals surface area (Å²) in [7, 11) is 1.69. The number of rotatable bonds is 7. The van der Waals surface area contributed by atoms with Crippen LogP contribution in [0.5, 0.6) is 0 Å². The van der Waals surface area contributed by atoms with Crippen molar-refractivity contribution in [2.24, 2.45) is 4.99 Å². The molecule has 8 heteroatoms. The molecule has 0 bridgehead atoms. The van der Waals surface area contributed by atoms with E-state index in [-0.39, 0.29) is 0 Å². The van der Waals surface area contributed by atoms with Crippen LogP contribution in [0, 0.1) is 0 Å². The van der Waals surface area contributed by atoms with Gasteiger partial charge in [-0.1, -0.05) is 13.3 Å². The molecule has 1 aliphatic rings. The zero-order valence-electron chi connectivity index (χ0n) is 14.3. The fourth-order valence-corrected chi connectivity index (χ4v) is 2.44. The van der Waals surface area contributed by atoms with Gasteiger partial charge in [0.15, 0.2) is 5.96 Å². The van der Waals surface area contributed by atoms with E-state index in [1.54, 1.807) is 7.05 Å². The molecule has 0 aromatic heterocycles. The number of halogens is 3. The maximum atomic E-state index is 12.7. The molecule has 1 saturated heterocycles. The van der Waals surface area contributed by atoms with E-state index in [1.807, 2.05) is 4.90 Å². The molecule has 1 rings (SSSR count). The second kappa shape index (κ2) is 9.97. The number of piperazine rings is 1. The Hall–Kier alpha value is -1.02. The van der Waals surface area contributed by atoms with E-state index in [9.17, 15) is 13.2 Å². The Balaban J connectivity index is 2.31. The number of hydrogen-bond acceptors (Lipinski definition) is 3. The third-order valence-corrected chi connectivity index (χ3v) is 4.02. The number of unbranched alkanes of at least 4 members (excludes halogenated alkanes) is 1. The second-order valence-corrected chi connectivity index (χ2v) is 5.68. The Morgan fingerprint density at radius 2 is 1.87 bits per heavy atom. The number of alkyl halides is 3. The van der Waals surface area contributed by atoms with Crippen LogP contribution < -0.4 is 5.32 Å². The summed E-state index contributed by atoms with van der Waals surface area (Å²) in [5, 5.41) is 3.20. The van der Waals surface area contributed by atoms with Gasteiger partial charge in [0.25, 0.3) is 0 Å². The highest BCUT2D eigenvalue weighted by atomic mass is 19.4. The molecule has 1 heterocycles. The number of nitrogens with one attached hydrogen (secondary N) is 1. The standard InChI is InChI=1S/C15H29F3N4O/c1-4-5-11-23-12-6-20-14(19-3)22-9-7-21(8-10-22)13(2)15(16,17)18/h13H,4-12H2,1-3H3,(H,19,20). The zero-order valence-corrected chi connectivity index (χ0v) is 14.3. The van der Waals surface area contributed by atoms with Gasteiger partial charge >= 0.3 is 6.18 Å². The van der Waals surface area contributed by atoms with Crippen LogP contribution in [0.1, 0.15) is 26.7 Å². The van der Waals surface area contributed by atoms with Gasteiger partial charge in [-0.25, -0.2) is 0 Å². The summed E-state index contributed by atoms with van der Waals surface area (Å²) in [4.78, 5) is 7.66. The Bertz CT molecular complexity index is 355. The molecule has 0 aromatic carbocycles. The summed E-state index contributed by atoms with van der Waals surface area (Å²) >= 11 is 0. The van der Waals surface area contributed by atoms with Gasteiger partial charge in [0.2, 0.25) is 0 Å². The predicted molar refractivity (Wildman–Crippen MR) is 85.8 cm³/mol. The van der Waals surface area contributed by atoms with Gasteiger partial charge in [-0.2, -0.15) is 13.2 Å². The van der Waals surface area contributed by atoms with Gasteiger partial charge in [0.05, 0.1) is 6.61 Å². The Morgan fingerprint density at radius 3 is 2.39 bits per heavy atom. The monoisotopic (exact) mass is 338 g/mol. The first-order valence-corrected chi connectivity index (χ1v) is 8.24. The van der Waals surface area contributed by atoms with Crippen LogP contribution in [0.15, 0.2) is 4.99 Å².